The van der Waals surface area contributed by atoms with Crippen LogP contribution in [-0.4, -0.2) is 0 Å². The summed E-state index contributed by atoms with van der Waals surface area (Å²) < 4.78 is 0. The summed E-state index contributed by atoms with van der Waals surface area (Å²) in [4.78, 5) is 0. The minimum atomic E-state index is 0.825. The Kier molecular flexibility index (Phi) is 15.2. The number of allylic oxidation sites excluding steroid dienone is 4. The molecule has 0 aliphatic carbocycles. The number of rotatable bonds is 6. The Balaban J connectivity index is 0. The molecule has 1 unspecified atom stereocenters. The van der Waals surface area contributed by atoms with Gasteiger partial charge in [-0.05, 0) is 31.1 Å². The molecule has 0 saturated heterocycles. The highest BCUT2D eigenvalue weighted by Crippen LogP contribution is 2.14. The van der Waals surface area contributed by atoms with Crippen LogP contribution in [0.15, 0.2) is 24.3 Å². The second kappa shape index (κ2) is 13.5. The smallest absolute Gasteiger partial charge is 0.0322 e. The molecule has 0 aromatic rings. The third-order valence-corrected chi connectivity index (χ3v) is 2.03. The van der Waals surface area contributed by atoms with E-state index >= 15 is 0 Å². The SMILES string of the molecule is CC.CC/C=C/C=C/CC(C)CC(C)C. The van der Waals surface area contributed by atoms with Gasteiger partial charge >= 0.3 is 0 Å². The van der Waals surface area contributed by atoms with Gasteiger partial charge in [0.2, 0.25) is 0 Å². The molecule has 0 spiro atoms. The van der Waals surface area contributed by atoms with E-state index in [-0.39, 0.29) is 0 Å². The summed E-state index contributed by atoms with van der Waals surface area (Å²) in [6, 6.07) is 0. The summed E-state index contributed by atoms with van der Waals surface area (Å²) in [5.74, 6) is 1.65. The Morgan fingerprint density at radius 3 is 1.93 bits per heavy atom. The zero-order valence-electron chi connectivity index (χ0n) is 11.6. The van der Waals surface area contributed by atoms with Crippen LogP contribution in [0.4, 0.5) is 0 Å². The molecule has 0 radical (unpaired) electrons. The van der Waals surface area contributed by atoms with Crippen molar-refractivity contribution in [1.82, 2.24) is 0 Å². The van der Waals surface area contributed by atoms with Gasteiger partial charge in [0.25, 0.3) is 0 Å². The molecule has 0 rings (SSSR count). The van der Waals surface area contributed by atoms with Crippen LogP contribution < -0.4 is 0 Å². The molecule has 0 aliphatic rings. The summed E-state index contributed by atoms with van der Waals surface area (Å²) >= 11 is 0. The van der Waals surface area contributed by atoms with Gasteiger partial charge in [-0.1, -0.05) is 65.8 Å². The third-order valence-electron chi connectivity index (χ3n) is 2.03. The molecule has 0 heteroatoms. The highest BCUT2D eigenvalue weighted by Gasteiger charge is 2.01. The maximum atomic E-state index is 2.33. The van der Waals surface area contributed by atoms with E-state index in [4.69, 9.17) is 0 Å². The molecule has 1 atom stereocenters. The van der Waals surface area contributed by atoms with Crippen molar-refractivity contribution in [3.8, 4) is 0 Å². The average Bonchev–Trinajstić information content (AvgIpc) is 2.19. The van der Waals surface area contributed by atoms with Crippen LogP contribution in [0.25, 0.3) is 0 Å². The van der Waals surface area contributed by atoms with Crippen molar-refractivity contribution in [1.29, 1.82) is 0 Å². The van der Waals surface area contributed by atoms with Gasteiger partial charge in [-0.2, -0.15) is 0 Å². The van der Waals surface area contributed by atoms with Crippen LogP contribution in [0.2, 0.25) is 0 Å². The maximum Gasteiger partial charge on any atom is -0.0322 e. The molecule has 0 saturated carbocycles. The van der Waals surface area contributed by atoms with Crippen LogP contribution in [0.5, 0.6) is 0 Å². The van der Waals surface area contributed by atoms with Crippen molar-refractivity contribution in [2.24, 2.45) is 11.8 Å². The van der Waals surface area contributed by atoms with Gasteiger partial charge in [-0.15, -0.1) is 0 Å². The first-order valence-electron chi connectivity index (χ1n) is 6.48. The van der Waals surface area contributed by atoms with E-state index in [1.54, 1.807) is 0 Å². The molecule has 0 aromatic heterocycles. The van der Waals surface area contributed by atoms with Gasteiger partial charge in [0.15, 0.2) is 0 Å². The second-order valence-electron chi connectivity index (χ2n) is 4.23. The monoisotopic (exact) mass is 210 g/mol. The van der Waals surface area contributed by atoms with Gasteiger partial charge < -0.3 is 0 Å². The molecule has 15 heavy (non-hydrogen) atoms. The first-order valence-corrected chi connectivity index (χ1v) is 6.48. The fourth-order valence-corrected chi connectivity index (χ4v) is 1.51. The molecule has 0 aromatic carbocycles. The van der Waals surface area contributed by atoms with E-state index in [1.807, 2.05) is 13.8 Å². The molecule has 0 aliphatic heterocycles. The van der Waals surface area contributed by atoms with Crippen molar-refractivity contribution in [2.45, 2.75) is 60.8 Å². The lowest BCUT2D eigenvalue weighted by molar-refractivity contribution is 0.443. The summed E-state index contributed by atoms with van der Waals surface area (Å²) in [5.41, 5.74) is 0. The maximum absolute atomic E-state index is 2.33. The Labute approximate surface area is 97.5 Å². The zero-order valence-corrected chi connectivity index (χ0v) is 11.6. The molecule has 0 nitrogen and oxygen atoms in total. The molecule has 0 amide bonds. The molecule has 0 bridgehead atoms. The van der Waals surface area contributed by atoms with E-state index in [0.29, 0.717) is 0 Å². The lowest BCUT2D eigenvalue weighted by Crippen LogP contribution is -1.98. The highest BCUT2D eigenvalue weighted by atomic mass is 14.1. The minimum Gasteiger partial charge on any atom is -0.0848 e. The second-order valence-corrected chi connectivity index (χ2v) is 4.23. The van der Waals surface area contributed by atoms with Crippen LogP contribution in [0.1, 0.15) is 60.8 Å². The number of hydrogen-bond acceptors (Lipinski definition) is 0. The van der Waals surface area contributed by atoms with Crippen LogP contribution in [0.3, 0.4) is 0 Å². The average molecular weight is 210 g/mol. The van der Waals surface area contributed by atoms with Gasteiger partial charge in [0.05, 0.1) is 0 Å². The van der Waals surface area contributed by atoms with Gasteiger partial charge in [0, 0.05) is 0 Å². The molecule has 90 valence electrons. The Morgan fingerprint density at radius 2 is 1.47 bits per heavy atom. The van der Waals surface area contributed by atoms with Crippen molar-refractivity contribution >= 4 is 0 Å². The topological polar surface area (TPSA) is 0 Å². The minimum absolute atomic E-state index is 0.825. The summed E-state index contributed by atoms with van der Waals surface area (Å²) in [5, 5.41) is 0. The van der Waals surface area contributed by atoms with Gasteiger partial charge in [0.1, 0.15) is 0 Å². The molecular weight excluding hydrogens is 180 g/mol. The lowest BCUT2D eigenvalue weighted by Gasteiger charge is -2.10. The van der Waals surface area contributed by atoms with Crippen molar-refractivity contribution in [2.75, 3.05) is 0 Å². The standard InChI is InChI=1S/C13H24.C2H6/c1-5-6-7-8-9-10-13(4)11-12(2)3;1-2/h6-9,12-13H,5,10-11H2,1-4H3;1-2H3/b7-6+,9-8+;. The summed E-state index contributed by atoms with van der Waals surface area (Å²) in [7, 11) is 0. The van der Waals surface area contributed by atoms with Crippen molar-refractivity contribution in [3.05, 3.63) is 24.3 Å². The molecular formula is C15H30. The zero-order chi connectivity index (χ0) is 12.1. The van der Waals surface area contributed by atoms with Crippen LogP contribution in [-0.2, 0) is 0 Å². The Hall–Kier alpha value is -0.520. The predicted octanol–water partition coefficient (Wildman–Crippen LogP) is 5.61. The van der Waals surface area contributed by atoms with E-state index < -0.39 is 0 Å². The fraction of sp³-hybridized carbons (Fsp3) is 0.733. The summed E-state index contributed by atoms with van der Waals surface area (Å²) in [6.45, 7) is 13.1. The van der Waals surface area contributed by atoms with E-state index in [9.17, 15) is 0 Å². The predicted molar refractivity (Wildman–Crippen MR) is 73.2 cm³/mol. The first kappa shape index (κ1) is 16.9. The normalized spacial score (nSPS) is 13.3. The Morgan fingerprint density at radius 1 is 0.933 bits per heavy atom. The third kappa shape index (κ3) is 16.2. The Bertz CT molecular complexity index is 151. The van der Waals surface area contributed by atoms with Crippen LogP contribution in [0, 0.1) is 11.8 Å². The largest absolute Gasteiger partial charge is 0.0848 e. The molecule has 0 heterocycles. The van der Waals surface area contributed by atoms with Gasteiger partial charge in [-0.25, -0.2) is 0 Å². The fourth-order valence-electron chi connectivity index (χ4n) is 1.51. The number of hydrogen-bond donors (Lipinski definition) is 0. The van der Waals surface area contributed by atoms with E-state index in [1.165, 1.54) is 12.8 Å². The first-order chi connectivity index (χ1) is 7.16. The van der Waals surface area contributed by atoms with Crippen LogP contribution >= 0.6 is 0 Å². The van der Waals surface area contributed by atoms with Crippen molar-refractivity contribution < 1.29 is 0 Å². The van der Waals surface area contributed by atoms with Crippen molar-refractivity contribution in [3.63, 3.8) is 0 Å². The van der Waals surface area contributed by atoms with Gasteiger partial charge in [-0.3, -0.25) is 0 Å². The highest BCUT2D eigenvalue weighted by molar-refractivity contribution is 5.02. The lowest BCUT2D eigenvalue weighted by atomic mass is 9.96. The molecule has 0 N–H and O–H groups in total. The summed E-state index contributed by atoms with van der Waals surface area (Å²) in [6.07, 6.45) is 12.4. The quantitative estimate of drug-likeness (QED) is 0.500. The van der Waals surface area contributed by atoms with E-state index in [0.717, 1.165) is 18.3 Å². The van der Waals surface area contributed by atoms with E-state index in [2.05, 4.69) is 52.0 Å². The molecule has 0 fully saturated rings.